The van der Waals surface area contributed by atoms with Crippen LogP contribution in [0.4, 0.5) is 0 Å². The summed E-state index contributed by atoms with van der Waals surface area (Å²) in [6.45, 7) is 2.11. The van der Waals surface area contributed by atoms with E-state index in [4.69, 9.17) is 0 Å². The first kappa shape index (κ1) is 12.2. The fourth-order valence-corrected chi connectivity index (χ4v) is 3.78. The smallest absolute Gasteiger partial charge is 0.250 e. The predicted octanol–water partition coefficient (Wildman–Crippen LogP) is 1.56. The molecule has 2 bridgehead atoms. The Bertz CT molecular complexity index is 365. The first-order chi connectivity index (χ1) is 8.69. The van der Waals surface area contributed by atoms with Gasteiger partial charge in [0.15, 0.2) is 0 Å². The van der Waals surface area contributed by atoms with Gasteiger partial charge in [0.1, 0.15) is 11.9 Å². The van der Waals surface area contributed by atoms with E-state index in [1.54, 1.807) is 0 Å². The van der Waals surface area contributed by atoms with Crippen LogP contribution in [0.25, 0.3) is 0 Å². The van der Waals surface area contributed by atoms with Gasteiger partial charge in [-0.05, 0) is 39.2 Å². The van der Waals surface area contributed by atoms with Crippen molar-refractivity contribution >= 4 is 11.7 Å². The lowest BCUT2D eigenvalue weighted by Crippen LogP contribution is -2.44. The summed E-state index contributed by atoms with van der Waals surface area (Å²) >= 11 is 0. The van der Waals surface area contributed by atoms with E-state index in [0.717, 1.165) is 18.7 Å². The minimum absolute atomic E-state index is 0.109. The number of amidine groups is 1. The molecule has 0 aromatic rings. The fourth-order valence-electron chi connectivity index (χ4n) is 3.78. The van der Waals surface area contributed by atoms with Crippen LogP contribution in [0.5, 0.6) is 0 Å². The van der Waals surface area contributed by atoms with Crippen molar-refractivity contribution in [3.8, 4) is 0 Å². The molecule has 0 aromatic carbocycles. The average Bonchev–Trinajstić information content (AvgIpc) is 2.78. The molecule has 3 aliphatic heterocycles. The van der Waals surface area contributed by atoms with Crippen LogP contribution in [0, 0.1) is 5.92 Å². The minimum atomic E-state index is -0.109. The van der Waals surface area contributed by atoms with Crippen LogP contribution in [0.1, 0.15) is 45.4 Å². The molecule has 0 radical (unpaired) electrons. The van der Waals surface area contributed by atoms with Gasteiger partial charge in [0.2, 0.25) is 5.91 Å². The number of aliphatic imine (C=N–C) groups is 1. The molecule has 3 heterocycles. The zero-order valence-corrected chi connectivity index (χ0v) is 11.4. The van der Waals surface area contributed by atoms with E-state index in [9.17, 15) is 4.79 Å². The molecule has 3 unspecified atom stereocenters. The minimum Gasteiger partial charge on any atom is -0.312 e. The fraction of sp³-hybridized carbons (Fsp3) is 0.857. The summed E-state index contributed by atoms with van der Waals surface area (Å²) in [6.07, 6.45) is 6.88. The highest BCUT2D eigenvalue weighted by Crippen LogP contribution is 2.38. The lowest BCUT2D eigenvalue weighted by molar-refractivity contribution is -0.120. The van der Waals surface area contributed by atoms with Gasteiger partial charge in [-0.1, -0.05) is 13.3 Å². The van der Waals surface area contributed by atoms with Crippen molar-refractivity contribution < 1.29 is 4.79 Å². The first-order valence-corrected chi connectivity index (χ1v) is 7.29. The van der Waals surface area contributed by atoms with Crippen LogP contribution in [-0.2, 0) is 4.79 Å². The van der Waals surface area contributed by atoms with Crippen molar-refractivity contribution in [3.05, 3.63) is 0 Å². The maximum absolute atomic E-state index is 11.8. The van der Waals surface area contributed by atoms with E-state index in [0.29, 0.717) is 18.0 Å². The molecular weight excluding hydrogens is 226 g/mol. The summed E-state index contributed by atoms with van der Waals surface area (Å²) in [7, 11) is 2.24. The van der Waals surface area contributed by atoms with Gasteiger partial charge >= 0.3 is 0 Å². The van der Waals surface area contributed by atoms with Gasteiger partial charge < -0.3 is 10.2 Å². The Morgan fingerprint density at radius 1 is 1.33 bits per heavy atom. The number of rotatable bonds is 3. The number of carbonyl (C=O) groups excluding carboxylic acids is 1. The average molecular weight is 249 g/mol. The van der Waals surface area contributed by atoms with E-state index in [1.807, 2.05) is 0 Å². The van der Waals surface area contributed by atoms with Crippen LogP contribution >= 0.6 is 0 Å². The maximum Gasteiger partial charge on any atom is 0.250 e. The van der Waals surface area contributed by atoms with Crippen LogP contribution in [-0.4, -0.2) is 41.8 Å². The molecule has 0 aliphatic carbocycles. The molecule has 0 saturated carbocycles. The Hall–Kier alpha value is -0.900. The predicted molar refractivity (Wildman–Crippen MR) is 71.6 cm³/mol. The molecular formula is C14H23N3O. The number of fused-ring (bicyclic) bond motifs is 2. The van der Waals surface area contributed by atoms with Crippen molar-refractivity contribution in [1.82, 2.24) is 10.2 Å². The van der Waals surface area contributed by atoms with Crippen molar-refractivity contribution in [3.63, 3.8) is 0 Å². The van der Waals surface area contributed by atoms with Crippen molar-refractivity contribution in [2.75, 3.05) is 7.05 Å². The van der Waals surface area contributed by atoms with E-state index >= 15 is 0 Å². The maximum atomic E-state index is 11.8. The van der Waals surface area contributed by atoms with Gasteiger partial charge in [-0.15, -0.1) is 0 Å². The molecule has 4 heteroatoms. The highest BCUT2D eigenvalue weighted by atomic mass is 16.2. The molecule has 2 fully saturated rings. The summed E-state index contributed by atoms with van der Waals surface area (Å²) < 4.78 is 0. The van der Waals surface area contributed by atoms with Crippen molar-refractivity contribution in [2.24, 2.45) is 10.9 Å². The molecule has 4 nitrogen and oxygen atoms in total. The van der Waals surface area contributed by atoms with E-state index in [-0.39, 0.29) is 11.9 Å². The Labute approximate surface area is 109 Å². The molecule has 0 spiro atoms. The molecule has 1 amide bonds. The normalized spacial score (nSPS) is 39.9. The molecule has 3 rings (SSSR count). The van der Waals surface area contributed by atoms with E-state index in [1.165, 1.54) is 25.7 Å². The summed E-state index contributed by atoms with van der Waals surface area (Å²) in [5, 5.41) is 3.03. The number of amides is 1. The second kappa shape index (κ2) is 4.65. The van der Waals surface area contributed by atoms with Gasteiger partial charge in [0, 0.05) is 18.0 Å². The number of nitrogens with zero attached hydrogens (tertiary/aromatic N) is 2. The number of hydrogen-bond donors (Lipinski definition) is 1. The Morgan fingerprint density at radius 3 is 2.61 bits per heavy atom. The highest BCUT2D eigenvalue weighted by molar-refractivity contribution is 6.06. The second-order valence-electron chi connectivity index (χ2n) is 6.03. The van der Waals surface area contributed by atoms with Gasteiger partial charge in [-0.25, -0.2) is 0 Å². The monoisotopic (exact) mass is 249 g/mol. The molecule has 1 N–H and O–H groups in total. The Kier molecular flexibility index (Phi) is 3.14. The lowest BCUT2D eigenvalue weighted by Gasteiger charge is -2.36. The summed E-state index contributed by atoms with van der Waals surface area (Å²) in [6, 6.07) is 1.31. The number of hydrogen-bond acceptors (Lipinski definition) is 3. The third-order valence-electron chi connectivity index (χ3n) is 4.90. The van der Waals surface area contributed by atoms with Crippen LogP contribution in [0.3, 0.4) is 0 Å². The van der Waals surface area contributed by atoms with Crippen LogP contribution in [0.15, 0.2) is 4.99 Å². The molecule has 3 atom stereocenters. The molecule has 3 aliphatic rings. The Morgan fingerprint density at radius 2 is 2.00 bits per heavy atom. The van der Waals surface area contributed by atoms with Gasteiger partial charge in [0.25, 0.3) is 0 Å². The van der Waals surface area contributed by atoms with Crippen LogP contribution < -0.4 is 5.32 Å². The van der Waals surface area contributed by atoms with Crippen LogP contribution in [0.2, 0.25) is 0 Å². The lowest BCUT2D eigenvalue weighted by atomic mass is 9.90. The number of piperidine rings is 1. The number of nitrogens with one attached hydrogen (secondary N) is 1. The molecule has 2 saturated heterocycles. The molecule has 18 heavy (non-hydrogen) atoms. The summed E-state index contributed by atoms with van der Waals surface area (Å²) in [5.41, 5.74) is 0. The SMILES string of the molecule is CCCC1N=C(C2CC3CCC(C2)N3C)NC1=O. The molecule has 0 aromatic heterocycles. The highest BCUT2D eigenvalue weighted by Gasteiger charge is 2.42. The van der Waals surface area contributed by atoms with Crippen molar-refractivity contribution in [2.45, 2.75) is 63.6 Å². The second-order valence-corrected chi connectivity index (χ2v) is 6.03. The van der Waals surface area contributed by atoms with E-state index < -0.39 is 0 Å². The summed E-state index contributed by atoms with van der Waals surface area (Å²) in [5.74, 6) is 1.60. The standard InChI is InChI=1S/C14H23N3O/c1-3-4-12-14(18)16-13(15-12)9-7-10-5-6-11(8-9)17(10)2/h9-12H,3-8H2,1-2H3,(H,15,16,18). The number of carbonyl (C=O) groups is 1. The van der Waals surface area contributed by atoms with Gasteiger partial charge in [-0.3, -0.25) is 9.79 Å². The van der Waals surface area contributed by atoms with Gasteiger partial charge in [0.05, 0.1) is 0 Å². The quantitative estimate of drug-likeness (QED) is 0.825. The van der Waals surface area contributed by atoms with E-state index in [2.05, 4.69) is 29.2 Å². The topological polar surface area (TPSA) is 44.7 Å². The van der Waals surface area contributed by atoms with Gasteiger partial charge in [-0.2, -0.15) is 0 Å². The third kappa shape index (κ3) is 1.96. The first-order valence-electron chi connectivity index (χ1n) is 7.29. The third-order valence-corrected chi connectivity index (χ3v) is 4.90. The molecule has 100 valence electrons. The largest absolute Gasteiger partial charge is 0.312 e. The summed E-state index contributed by atoms with van der Waals surface area (Å²) in [4.78, 5) is 19.0. The zero-order chi connectivity index (χ0) is 12.7. The Balaban J connectivity index is 1.70. The van der Waals surface area contributed by atoms with Crippen molar-refractivity contribution in [1.29, 1.82) is 0 Å². The zero-order valence-electron chi connectivity index (χ0n) is 11.4.